The van der Waals surface area contributed by atoms with Crippen LogP contribution in [0.25, 0.3) is 0 Å². The number of nitrogens with zero attached hydrogens (tertiary/aromatic N) is 1. The number of aliphatic imine (C=N–C) groups is 1. The monoisotopic (exact) mass is 284 g/mol. The topological polar surface area (TPSA) is 44.6 Å². The van der Waals surface area contributed by atoms with Crippen molar-refractivity contribution >= 4 is 5.71 Å². The Labute approximate surface area is 127 Å². The number of rotatable bonds is 7. The third-order valence-electron chi connectivity index (χ3n) is 3.02. The molecular weight excluding hydrogens is 260 g/mol. The smallest absolute Gasteiger partial charge is 0.120 e. The van der Waals surface area contributed by atoms with Gasteiger partial charge in [0.1, 0.15) is 5.75 Å². The van der Waals surface area contributed by atoms with Crippen LogP contribution in [0, 0.1) is 0 Å². The Kier molecular flexibility index (Phi) is 7.19. The Morgan fingerprint density at radius 1 is 1.33 bits per heavy atom. The van der Waals surface area contributed by atoms with E-state index in [1.807, 2.05) is 57.2 Å². The summed E-state index contributed by atoms with van der Waals surface area (Å²) in [6, 6.07) is 7.30. The zero-order valence-electron chi connectivity index (χ0n) is 13.1. The number of aromatic hydroxyl groups is 1. The van der Waals surface area contributed by atoms with Crippen molar-refractivity contribution in [2.75, 3.05) is 6.67 Å². The van der Waals surface area contributed by atoms with E-state index in [0.29, 0.717) is 19.0 Å². The lowest BCUT2D eigenvalue weighted by molar-refractivity contribution is 0.465. The molecule has 0 bridgehead atoms. The molecule has 0 aliphatic carbocycles. The summed E-state index contributed by atoms with van der Waals surface area (Å²) in [5, 5.41) is 12.9. The predicted molar refractivity (Wildman–Crippen MR) is 90.6 cm³/mol. The van der Waals surface area contributed by atoms with Crippen molar-refractivity contribution in [3.63, 3.8) is 0 Å². The lowest BCUT2D eigenvalue weighted by atomic mass is 10.0. The number of hydrogen-bond acceptors (Lipinski definition) is 3. The molecule has 3 heteroatoms. The van der Waals surface area contributed by atoms with Gasteiger partial charge in [-0.3, -0.25) is 10.3 Å². The summed E-state index contributed by atoms with van der Waals surface area (Å²) in [7, 11) is 0. The Balaban J connectivity index is 2.68. The van der Waals surface area contributed by atoms with Gasteiger partial charge in [0.15, 0.2) is 0 Å². The summed E-state index contributed by atoms with van der Waals surface area (Å²) < 4.78 is 0. The summed E-state index contributed by atoms with van der Waals surface area (Å²) in [6.07, 6.45) is 5.96. The molecule has 0 heterocycles. The van der Waals surface area contributed by atoms with Crippen LogP contribution in [0.4, 0.5) is 0 Å². The van der Waals surface area contributed by atoms with E-state index in [2.05, 4.69) is 16.9 Å². The van der Waals surface area contributed by atoms with Crippen molar-refractivity contribution in [2.24, 2.45) is 4.99 Å². The first-order chi connectivity index (χ1) is 10.1. The molecule has 0 fully saturated rings. The van der Waals surface area contributed by atoms with Gasteiger partial charge in [-0.15, -0.1) is 0 Å². The fourth-order valence-corrected chi connectivity index (χ4v) is 1.99. The second kappa shape index (κ2) is 8.93. The highest BCUT2D eigenvalue weighted by Gasteiger charge is 2.03. The molecule has 0 saturated heterocycles. The molecule has 0 amide bonds. The molecule has 0 aromatic heterocycles. The average molecular weight is 284 g/mol. The minimum absolute atomic E-state index is 0.304. The summed E-state index contributed by atoms with van der Waals surface area (Å²) in [4.78, 5) is 4.56. The highest BCUT2D eigenvalue weighted by molar-refractivity contribution is 6.11. The van der Waals surface area contributed by atoms with Crippen LogP contribution < -0.4 is 5.32 Å². The standard InChI is InChI=1S/C18H24N2O/c1-5-9-17(16(6-2)14(3)4)20-13-19-12-15-10-7-8-11-18(15)21/h5-11,19,21H,3,12-13H2,1-2,4H3/b9-5-,16-6-,20-17-. The predicted octanol–water partition coefficient (Wildman–Crippen LogP) is 3.98. The first-order valence-electron chi connectivity index (χ1n) is 7.07. The SMILES string of the molecule is C=C(C)C(=C/C)/C(/C=C\C)=N\CNCc1ccccc1O. The van der Waals surface area contributed by atoms with E-state index < -0.39 is 0 Å². The van der Waals surface area contributed by atoms with Gasteiger partial charge in [0.05, 0.1) is 12.4 Å². The molecule has 3 nitrogen and oxygen atoms in total. The Bertz CT molecular complexity index is 568. The fourth-order valence-electron chi connectivity index (χ4n) is 1.99. The number of benzene rings is 1. The molecular formula is C18H24N2O. The van der Waals surface area contributed by atoms with Gasteiger partial charge in [0.2, 0.25) is 0 Å². The third-order valence-corrected chi connectivity index (χ3v) is 3.02. The maximum atomic E-state index is 9.69. The molecule has 1 aromatic carbocycles. The zero-order chi connectivity index (χ0) is 15.7. The number of allylic oxidation sites excluding steroid dienone is 5. The van der Waals surface area contributed by atoms with Gasteiger partial charge in [-0.1, -0.05) is 36.9 Å². The number of para-hydroxylation sites is 1. The minimum atomic E-state index is 0.304. The second-order valence-corrected chi connectivity index (χ2v) is 4.74. The van der Waals surface area contributed by atoms with E-state index in [-0.39, 0.29) is 0 Å². The van der Waals surface area contributed by atoms with E-state index in [4.69, 9.17) is 0 Å². The van der Waals surface area contributed by atoms with Crippen molar-refractivity contribution < 1.29 is 5.11 Å². The molecule has 2 N–H and O–H groups in total. The fraction of sp³-hybridized carbons (Fsp3) is 0.278. The van der Waals surface area contributed by atoms with E-state index >= 15 is 0 Å². The lowest BCUT2D eigenvalue weighted by Crippen LogP contribution is -2.15. The first kappa shape index (κ1) is 16.9. The van der Waals surface area contributed by atoms with Crippen LogP contribution in [0.5, 0.6) is 5.75 Å². The number of nitrogens with one attached hydrogen (secondary N) is 1. The maximum absolute atomic E-state index is 9.69. The van der Waals surface area contributed by atoms with Gasteiger partial charge >= 0.3 is 0 Å². The minimum Gasteiger partial charge on any atom is -0.508 e. The molecule has 0 aliphatic rings. The number of phenols is 1. The van der Waals surface area contributed by atoms with E-state index in [9.17, 15) is 5.11 Å². The molecule has 0 atom stereocenters. The van der Waals surface area contributed by atoms with Gasteiger partial charge in [-0.25, -0.2) is 0 Å². The van der Waals surface area contributed by atoms with Crippen molar-refractivity contribution in [1.29, 1.82) is 0 Å². The molecule has 0 saturated carbocycles. The van der Waals surface area contributed by atoms with Gasteiger partial charge in [-0.2, -0.15) is 0 Å². The molecule has 0 unspecified atom stereocenters. The highest BCUT2D eigenvalue weighted by atomic mass is 16.3. The third kappa shape index (κ3) is 5.40. The van der Waals surface area contributed by atoms with Gasteiger partial charge in [-0.05, 0) is 44.1 Å². The van der Waals surface area contributed by atoms with Crippen LogP contribution >= 0.6 is 0 Å². The van der Waals surface area contributed by atoms with Crippen molar-refractivity contribution in [3.05, 3.63) is 65.8 Å². The first-order valence-corrected chi connectivity index (χ1v) is 7.07. The normalized spacial score (nSPS) is 12.9. The summed E-state index contributed by atoms with van der Waals surface area (Å²) in [5.41, 5.74) is 3.83. The van der Waals surface area contributed by atoms with Gasteiger partial charge < -0.3 is 5.11 Å². The van der Waals surface area contributed by atoms with E-state index in [1.54, 1.807) is 6.07 Å². The lowest BCUT2D eigenvalue weighted by Gasteiger charge is -2.08. The van der Waals surface area contributed by atoms with Crippen LogP contribution in [0.1, 0.15) is 26.3 Å². The number of hydrogen-bond donors (Lipinski definition) is 2. The Hall–Kier alpha value is -2.13. The molecule has 1 aromatic rings. The van der Waals surface area contributed by atoms with Crippen molar-refractivity contribution in [3.8, 4) is 5.75 Å². The summed E-state index contributed by atoms with van der Waals surface area (Å²) >= 11 is 0. The Morgan fingerprint density at radius 3 is 2.62 bits per heavy atom. The van der Waals surface area contributed by atoms with Crippen LogP contribution in [0.15, 0.2) is 65.2 Å². The van der Waals surface area contributed by atoms with Crippen molar-refractivity contribution in [2.45, 2.75) is 27.3 Å². The molecule has 1 rings (SSSR count). The molecule has 0 spiro atoms. The molecule has 0 aliphatic heterocycles. The summed E-state index contributed by atoms with van der Waals surface area (Å²) in [6.45, 7) is 11.0. The highest BCUT2D eigenvalue weighted by Crippen LogP contribution is 2.15. The van der Waals surface area contributed by atoms with Crippen molar-refractivity contribution in [1.82, 2.24) is 5.32 Å². The molecule has 21 heavy (non-hydrogen) atoms. The largest absolute Gasteiger partial charge is 0.508 e. The average Bonchev–Trinajstić information content (AvgIpc) is 2.45. The molecule has 0 radical (unpaired) electrons. The van der Waals surface area contributed by atoms with Gasteiger partial charge in [0, 0.05) is 12.1 Å². The molecule has 112 valence electrons. The van der Waals surface area contributed by atoms with E-state index in [1.165, 1.54) is 0 Å². The summed E-state index contributed by atoms with van der Waals surface area (Å²) in [5.74, 6) is 0.304. The van der Waals surface area contributed by atoms with Gasteiger partial charge in [0.25, 0.3) is 0 Å². The van der Waals surface area contributed by atoms with Crippen LogP contribution in [0.2, 0.25) is 0 Å². The van der Waals surface area contributed by atoms with Crippen LogP contribution in [-0.4, -0.2) is 17.5 Å². The van der Waals surface area contributed by atoms with E-state index in [0.717, 1.165) is 22.4 Å². The Morgan fingerprint density at radius 2 is 2.05 bits per heavy atom. The van der Waals surface area contributed by atoms with Crippen LogP contribution in [0.3, 0.4) is 0 Å². The quantitative estimate of drug-likeness (QED) is 0.452. The van der Waals surface area contributed by atoms with Crippen LogP contribution in [-0.2, 0) is 6.54 Å². The zero-order valence-corrected chi connectivity index (χ0v) is 13.1. The maximum Gasteiger partial charge on any atom is 0.120 e. The second-order valence-electron chi connectivity index (χ2n) is 4.74. The number of phenolic OH excluding ortho intramolecular Hbond substituents is 1.